The van der Waals surface area contributed by atoms with Gasteiger partial charge >= 0.3 is 5.97 Å². The number of carbonyl (C=O) groups excluding carboxylic acids is 1. The minimum Gasteiger partial charge on any atom is -0.481 e. The Labute approximate surface area is 151 Å². The number of ether oxygens (including phenoxy) is 3. The molecule has 0 unspecified atom stereocenters. The van der Waals surface area contributed by atoms with Gasteiger partial charge in [-0.1, -0.05) is 6.07 Å². The Balaban J connectivity index is 1.47. The molecule has 0 bridgehead atoms. The number of amides is 1. The molecule has 0 saturated heterocycles. The molecule has 0 atom stereocenters. The van der Waals surface area contributed by atoms with Crippen molar-refractivity contribution in [2.45, 2.75) is 6.42 Å². The van der Waals surface area contributed by atoms with E-state index in [0.717, 1.165) is 10.9 Å². The molecule has 142 valence electrons. The number of carboxylic acids is 1. The zero-order valence-electron chi connectivity index (χ0n) is 14.5. The van der Waals surface area contributed by atoms with Crippen LogP contribution in [0.25, 0.3) is 10.9 Å². The van der Waals surface area contributed by atoms with Crippen molar-refractivity contribution < 1.29 is 28.9 Å². The minimum absolute atomic E-state index is 0.00653. The van der Waals surface area contributed by atoms with Crippen LogP contribution in [0.3, 0.4) is 0 Å². The standard InChI is InChI=1S/C18H24N2O6/c21-17(22)5-8-24-10-12-26-13-11-25-9-7-20-18(23)15-2-1-3-16-14(15)4-6-19-16/h1-4,6,19H,5,7-13H2,(H,20,23)(H,21,22). The van der Waals surface area contributed by atoms with Crippen LogP contribution < -0.4 is 5.32 Å². The van der Waals surface area contributed by atoms with Gasteiger partial charge in [0.15, 0.2) is 0 Å². The van der Waals surface area contributed by atoms with Crippen molar-refractivity contribution >= 4 is 22.8 Å². The number of H-pyrrole nitrogens is 1. The minimum atomic E-state index is -0.879. The molecule has 3 N–H and O–H groups in total. The molecule has 26 heavy (non-hydrogen) atoms. The van der Waals surface area contributed by atoms with Crippen LogP contribution in [-0.4, -0.2) is 68.2 Å². The number of carbonyl (C=O) groups is 2. The van der Waals surface area contributed by atoms with Crippen molar-refractivity contribution in [1.82, 2.24) is 10.3 Å². The summed E-state index contributed by atoms with van der Waals surface area (Å²) in [5.74, 6) is -1.01. The third-order valence-electron chi connectivity index (χ3n) is 3.58. The van der Waals surface area contributed by atoms with Crippen LogP contribution in [0, 0.1) is 0 Å². The molecule has 0 aliphatic heterocycles. The highest BCUT2D eigenvalue weighted by Gasteiger charge is 2.09. The van der Waals surface area contributed by atoms with Crippen molar-refractivity contribution in [2.24, 2.45) is 0 Å². The highest BCUT2D eigenvalue weighted by Crippen LogP contribution is 2.16. The number of aromatic nitrogens is 1. The Morgan fingerprint density at radius 3 is 2.38 bits per heavy atom. The van der Waals surface area contributed by atoms with Gasteiger partial charge in [0.05, 0.1) is 46.1 Å². The van der Waals surface area contributed by atoms with Crippen LogP contribution in [-0.2, 0) is 19.0 Å². The summed E-state index contributed by atoms with van der Waals surface area (Å²) in [5, 5.41) is 12.2. The molecule has 1 aromatic carbocycles. The van der Waals surface area contributed by atoms with Crippen LogP contribution in [0.15, 0.2) is 30.5 Å². The second-order valence-electron chi connectivity index (χ2n) is 5.48. The zero-order chi connectivity index (χ0) is 18.6. The maximum absolute atomic E-state index is 12.2. The number of aromatic amines is 1. The van der Waals surface area contributed by atoms with E-state index in [2.05, 4.69) is 10.3 Å². The van der Waals surface area contributed by atoms with E-state index in [4.69, 9.17) is 19.3 Å². The molecule has 2 aromatic rings. The number of fused-ring (bicyclic) bond motifs is 1. The molecule has 0 saturated carbocycles. The molecule has 0 spiro atoms. The topological polar surface area (TPSA) is 110 Å². The largest absolute Gasteiger partial charge is 0.481 e. The Bertz CT molecular complexity index is 700. The molecular weight excluding hydrogens is 340 g/mol. The van der Waals surface area contributed by atoms with E-state index in [9.17, 15) is 9.59 Å². The van der Waals surface area contributed by atoms with E-state index in [1.54, 1.807) is 6.07 Å². The van der Waals surface area contributed by atoms with Crippen LogP contribution in [0.2, 0.25) is 0 Å². The van der Waals surface area contributed by atoms with Crippen molar-refractivity contribution in [1.29, 1.82) is 0 Å². The smallest absolute Gasteiger partial charge is 0.305 e. The zero-order valence-corrected chi connectivity index (χ0v) is 14.5. The van der Waals surface area contributed by atoms with Gasteiger partial charge in [0.25, 0.3) is 5.91 Å². The number of hydrogen-bond acceptors (Lipinski definition) is 5. The Morgan fingerprint density at radius 2 is 1.65 bits per heavy atom. The lowest BCUT2D eigenvalue weighted by atomic mass is 10.1. The summed E-state index contributed by atoms with van der Waals surface area (Å²) in [5.41, 5.74) is 1.56. The van der Waals surface area contributed by atoms with Gasteiger partial charge in [-0.2, -0.15) is 0 Å². The first-order valence-electron chi connectivity index (χ1n) is 8.48. The fourth-order valence-corrected chi connectivity index (χ4v) is 2.32. The SMILES string of the molecule is O=C(O)CCOCCOCCOCCNC(=O)c1cccc2[nH]ccc12. The Hall–Kier alpha value is -2.42. The average Bonchev–Trinajstić information content (AvgIpc) is 3.10. The Kier molecular flexibility index (Phi) is 8.61. The van der Waals surface area contributed by atoms with Crippen LogP contribution in [0.5, 0.6) is 0 Å². The molecular formula is C18H24N2O6. The summed E-state index contributed by atoms with van der Waals surface area (Å²) < 4.78 is 15.8. The van der Waals surface area contributed by atoms with Gasteiger partial charge in [0.2, 0.25) is 0 Å². The van der Waals surface area contributed by atoms with Gasteiger partial charge in [0.1, 0.15) is 0 Å². The second-order valence-corrected chi connectivity index (χ2v) is 5.48. The Morgan fingerprint density at radius 1 is 0.962 bits per heavy atom. The molecule has 0 radical (unpaired) electrons. The third kappa shape index (κ3) is 6.83. The summed E-state index contributed by atoms with van der Waals surface area (Å²) >= 11 is 0. The first-order chi connectivity index (χ1) is 12.7. The summed E-state index contributed by atoms with van der Waals surface area (Å²) in [6.45, 7) is 2.57. The van der Waals surface area contributed by atoms with Crippen molar-refractivity contribution in [2.75, 3.05) is 46.2 Å². The average molecular weight is 364 g/mol. The van der Waals surface area contributed by atoms with Crippen LogP contribution in [0.4, 0.5) is 0 Å². The molecule has 0 aliphatic rings. The quantitative estimate of drug-likeness (QED) is 0.464. The van der Waals surface area contributed by atoms with Gasteiger partial charge in [-0.15, -0.1) is 0 Å². The molecule has 1 heterocycles. The van der Waals surface area contributed by atoms with Crippen LogP contribution in [0.1, 0.15) is 16.8 Å². The van der Waals surface area contributed by atoms with Gasteiger partial charge in [-0.25, -0.2) is 0 Å². The van der Waals surface area contributed by atoms with Gasteiger partial charge in [-0.05, 0) is 18.2 Å². The number of rotatable bonds is 13. The fourth-order valence-electron chi connectivity index (χ4n) is 2.32. The molecule has 0 fully saturated rings. The number of benzene rings is 1. The molecule has 0 aliphatic carbocycles. The predicted molar refractivity (Wildman–Crippen MR) is 95.3 cm³/mol. The first kappa shape index (κ1) is 19.9. The summed E-state index contributed by atoms with van der Waals surface area (Å²) in [6, 6.07) is 7.43. The molecule has 2 rings (SSSR count). The maximum Gasteiger partial charge on any atom is 0.305 e. The lowest BCUT2D eigenvalue weighted by Gasteiger charge is -2.08. The molecule has 1 amide bonds. The maximum atomic E-state index is 12.2. The summed E-state index contributed by atoms with van der Waals surface area (Å²) in [7, 11) is 0. The van der Waals surface area contributed by atoms with Crippen molar-refractivity contribution in [3.8, 4) is 0 Å². The number of carboxylic acid groups (broad SMARTS) is 1. The molecule has 8 heteroatoms. The van der Waals surface area contributed by atoms with E-state index in [-0.39, 0.29) is 18.9 Å². The van der Waals surface area contributed by atoms with Gasteiger partial charge in [-0.3, -0.25) is 9.59 Å². The summed E-state index contributed by atoms with van der Waals surface area (Å²) in [4.78, 5) is 25.6. The highest BCUT2D eigenvalue weighted by atomic mass is 16.5. The third-order valence-corrected chi connectivity index (χ3v) is 3.58. The number of nitrogens with one attached hydrogen (secondary N) is 2. The van der Waals surface area contributed by atoms with Crippen LogP contribution >= 0.6 is 0 Å². The lowest BCUT2D eigenvalue weighted by molar-refractivity contribution is -0.138. The second kappa shape index (κ2) is 11.2. The van der Waals surface area contributed by atoms with E-state index in [0.29, 0.717) is 45.1 Å². The fraction of sp³-hybridized carbons (Fsp3) is 0.444. The predicted octanol–water partition coefficient (Wildman–Crippen LogP) is 1.42. The number of hydrogen-bond donors (Lipinski definition) is 3. The highest BCUT2D eigenvalue weighted by molar-refractivity contribution is 6.06. The van der Waals surface area contributed by atoms with Crippen molar-refractivity contribution in [3.63, 3.8) is 0 Å². The first-order valence-corrected chi connectivity index (χ1v) is 8.48. The number of aliphatic carboxylic acids is 1. The van der Waals surface area contributed by atoms with E-state index < -0.39 is 5.97 Å². The van der Waals surface area contributed by atoms with Gasteiger partial charge < -0.3 is 29.6 Å². The normalized spacial score (nSPS) is 10.9. The summed E-state index contributed by atoms with van der Waals surface area (Å²) in [6.07, 6.45) is 1.80. The monoisotopic (exact) mass is 364 g/mol. The lowest BCUT2D eigenvalue weighted by Crippen LogP contribution is -2.27. The van der Waals surface area contributed by atoms with Gasteiger partial charge in [0, 0.05) is 29.2 Å². The molecule has 8 nitrogen and oxygen atoms in total. The van der Waals surface area contributed by atoms with E-state index in [1.807, 2.05) is 24.4 Å². The van der Waals surface area contributed by atoms with E-state index in [1.165, 1.54) is 0 Å². The van der Waals surface area contributed by atoms with Crippen molar-refractivity contribution in [3.05, 3.63) is 36.0 Å². The van der Waals surface area contributed by atoms with E-state index >= 15 is 0 Å². The molecule has 1 aromatic heterocycles.